The molecule has 17 heavy (non-hydrogen) atoms. The van der Waals surface area contributed by atoms with Crippen LogP contribution in [0.1, 0.15) is 0 Å². The molecule has 2 aromatic rings. The summed E-state index contributed by atoms with van der Waals surface area (Å²) >= 11 is 5.78. The van der Waals surface area contributed by atoms with Crippen LogP contribution >= 0.6 is 11.6 Å². The third kappa shape index (κ3) is 4.89. The smallest absolute Gasteiger partial charge is 0.872 e. The molecule has 0 unspecified atom stereocenters. The second kappa shape index (κ2) is 8.71. The van der Waals surface area contributed by atoms with Gasteiger partial charge in [0.25, 0.3) is 0 Å². The van der Waals surface area contributed by atoms with Gasteiger partial charge < -0.3 is 10.2 Å². The van der Waals surface area contributed by atoms with Crippen molar-refractivity contribution in [1.29, 1.82) is 0 Å². The van der Waals surface area contributed by atoms with E-state index >= 15 is 0 Å². The average molecular weight is 297 g/mol. The Labute approximate surface area is 190 Å². The summed E-state index contributed by atoms with van der Waals surface area (Å²) in [4.78, 5) is 0. The maximum Gasteiger partial charge on any atom is 1.00 e. The van der Waals surface area contributed by atoms with Crippen LogP contribution in [0, 0.1) is 0 Å². The Morgan fingerprint density at radius 2 is 1.35 bits per heavy atom. The predicted molar refractivity (Wildman–Crippen MR) is 55.8 cm³/mol. The van der Waals surface area contributed by atoms with Crippen LogP contribution in [0.15, 0.2) is 42.5 Å². The van der Waals surface area contributed by atoms with Crippen molar-refractivity contribution < 1.29 is 113 Å². The molecule has 0 N–H and O–H groups in total. The van der Waals surface area contributed by atoms with E-state index in [1.807, 2.05) is 0 Å². The van der Waals surface area contributed by atoms with Crippen LogP contribution in [-0.4, -0.2) is 0 Å². The summed E-state index contributed by atoms with van der Waals surface area (Å²) in [6, 6.07) is 10.8. The molecule has 0 aromatic heterocycles. The zero-order valence-corrected chi connectivity index (χ0v) is 16.7. The van der Waals surface area contributed by atoms with Crippen molar-refractivity contribution in [2.24, 2.45) is 0 Å². The summed E-state index contributed by atoms with van der Waals surface area (Å²) in [6.07, 6.45) is 0. The van der Waals surface area contributed by atoms with E-state index < -0.39 is 0 Å². The molecule has 0 aliphatic rings. The number of benzene rings is 2. The molecule has 0 saturated carbocycles. The van der Waals surface area contributed by atoms with Crippen LogP contribution in [0.3, 0.4) is 0 Å². The largest absolute Gasteiger partial charge is 1.00 e. The molecule has 0 heterocycles. The van der Waals surface area contributed by atoms with Crippen LogP contribution in [0.4, 0.5) is 0 Å². The van der Waals surface area contributed by atoms with E-state index in [0.29, 0.717) is 16.1 Å². The summed E-state index contributed by atoms with van der Waals surface area (Å²) < 4.78 is 0. The van der Waals surface area contributed by atoms with Crippen molar-refractivity contribution in [2.75, 3.05) is 0 Å². The second-order valence-electron chi connectivity index (χ2n) is 3.14. The zero-order valence-electron chi connectivity index (χ0n) is 9.74. The molecule has 0 saturated heterocycles. The fourth-order valence-corrected chi connectivity index (χ4v) is 1.57. The molecule has 0 aliphatic carbocycles. The Morgan fingerprint density at radius 3 is 2.00 bits per heavy atom. The van der Waals surface area contributed by atoms with Gasteiger partial charge in [0.05, 0.1) is 0 Å². The molecule has 2 nitrogen and oxygen atoms in total. The molecule has 0 atom stereocenters. The maximum atomic E-state index is 11.5. The van der Waals surface area contributed by atoms with Crippen molar-refractivity contribution in [3.8, 4) is 22.6 Å². The van der Waals surface area contributed by atoms with E-state index in [1.54, 1.807) is 18.2 Å². The van der Waals surface area contributed by atoms with Gasteiger partial charge in [-0.2, -0.15) is 0 Å². The fraction of sp³-hybridized carbons (Fsp3) is 0. The van der Waals surface area contributed by atoms with Gasteiger partial charge in [-0.3, -0.25) is 0 Å². The van der Waals surface area contributed by atoms with Gasteiger partial charge in [0.15, 0.2) is 0 Å². The average Bonchev–Trinajstić information content (AvgIpc) is 2.23. The Morgan fingerprint density at radius 1 is 0.765 bits per heavy atom. The fourth-order valence-electron chi connectivity index (χ4n) is 1.40. The van der Waals surface area contributed by atoms with Crippen LogP contribution in [0.5, 0.6) is 11.5 Å². The van der Waals surface area contributed by atoms with Gasteiger partial charge in [-0.1, -0.05) is 41.9 Å². The first-order chi connectivity index (χ1) is 7.18. The summed E-state index contributed by atoms with van der Waals surface area (Å²) in [6.45, 7) is 0. The Kier molecular flexibility index (Phi) is 9.53. The van der Waals surface area contributed by atoms with Crippen LogP contribution in [0.2, 0.25) is 5.02 Å². The molecule has 76 valence electrons. The molecule has 5 heteroatoms. The van der Waals surface area contributed by atoms with Crippen molar-refractivity contribution >= 4 is 11.6 Å². The number of rotatable bonds is 1. The first kappa shape index (κ1) is 18.6. The Hall–Kier alpha value is 1.60. The van der Waals surface area contributed by atoms with Crippen LogP contribution in [-0.2, 0) is 0 Å². The van der Waals surface area contributed by atoms with Crippen molar-refractivity contribution in [3.05, 3.63) is 47.5 Å². The standard InChI is InChI=1S/C12H9ClO2.2K/c13-8-5-6-12(15)10(7-8)9-3-1-2-4-11(9)14;;/h1-7,14-15H;;/q;2*+1/p-2. The number of halogens is 1. The number of hydrogen-bond donors (Lipinski definition) is 0. The molecular formula is C12H7ClK2O2. The van der Waals surface area contributed by atoms with Gasteiger partial charge in [-0.25, -0.2) is 0 Å². The SMILES string of the molecule is [K+].[K+].[O-]c1ccccc1-c1cc(Cl)ccc1[O-]. The third-order valence-corrected chi connectivity index (χ3v) is 2.35. The molecular weight excluding hydrogens is 290 g/mol. The van der Waals surface area contributed by atoms with E-state index in [9.17, 15) is 10.2 Å². The van der Waals surface area contributed by atoms with E-state index in [-0.39, 0.29) is 114 Å². The normalized spacial score (nSPS) is 9.00. The Balaban J connectivity index is 0.00000128. The molecule has 2 aromatic carbocycles. The van der Waals surface area contributed by atoms with Gasteiger partial charge in [-0.05, 0) is 23.3 Å². The molecule has 0 amide bonds. The van der Waals surface area contributed by atoms with E-state index in [1.165, 1.54) is 24.3 Å². The summed E-state index contributed by atoms with van der Waals surface area (Å²) in [7, 11) is 0. The quantitative estimate of drug-likeness (QED) is 0.506. The van der Waals surface area contributed by atoms with Gasteiger partial charge in [0.1, 0.15) is 0 Å². The van der Waals surface area contributed by atoms with Gasteiger partial charge in [0.2, 0.25) is 0 Å². The monoisotopic (exact) mass is 296 g/mol. The van der Waals surface area contributed by atoms with Crippen molar-refractivity contribution in [1.82, 2.24) is 0 Å². The van der Waals surface area contributed by atoms with Gasteiger partial charge >= 0.3 is 103 Å². The molecule has 0 fully saturated rings. The topological polar surface area (TPSA) is 46.1 Å². The summed E-state index contributed by atoms with van der Waals surface area (Å²) in [5, 5.41) is 23.5. The number of hydrogen-bond acceptors (Lipinski definition) is 2. The first-order valence-corrected chi connectivity index (χ1v) is 4.79. The maximum absolute atomic E-state index is 11.5. The summed E-state index contributed by atoms with van der Waals surface area (Å²) in [5.41, 5.74) is 0.748. The van der Waals surface area contributed by atoms with E-state index in [4.69, 9.17) is 11.6 Å². The van der Waals surface area contributed by atoms with Crippen LogP contribution in [0.25, 0.3) is 11.1 Å². The summed E-state index contributed by atoms with van der Waals surface area (Å²) in [5.74, 6) is -0.362. The van der Waals surface area contributed by atoms with E-state index in [0.717, 1.165) is 0 Å². The molecule has 0 spiro atoms. The first-order valence-electron chi connectivity index (χ1n) is 4.41. The van der Waals surface area contributed by atoms with Crippen molar-refractivity contribution in [2.45, 2.75) is 0 Å². The molecule has 0 radical (unpaired) electrons. The van der Waals surface area contributed by atoms with Crippen molar-refractivity contribution in [3.63, 3.8) is 0 Å². The Bertz CT molecular complexity index is 504. The zero-order chi connectivity index (χ0) is 10.8. The third-order valence-electron chi connectivity index (χ3n) is 2.12. The van der Waals surface area contributed by atoms with Gasteiger partial charge in [0, 0.05) is 5.02 Å². The minimum atomic E-state index is -0.192. The minimum Gasteiger partial charge on any atom is -0.872 e. The predicted octanol–water partition coefficient (Wildman–Crippen LogP) is -3.84. The second-order valence-corrected chi connectivity index (χ2v) is 3.57. The van der Waals surface area contributed by atoms with E-state index in [2.05, 4.69) is 0 Å². The van der Waals surface area contributed by atoms with Gasteiger partial charge in [-0.15, -0.1) is 11.5 Å². The number of para-hydroxylation sites is 1. The minimum absolute atomic E-state index is 0. The molecule has 0 aliphatic heterocycles. The molecule has 0 bridgehead atoms. The molecule has 2 rings (SSSR count). The van der Waals surface area contributed by atoms with Crippen LogP contribution < -0.4 is 113 Å².